The smallest absolute Gasteiger partial charge is 0.310 e. The standard InChI is InChI=1S/C8H16O8/c1-15-8(14,16-2)7(13)6(12)5(11)4(10)3-9/h3-7,10-14H,1-2H3/t4-,5+,6-,7-/m0/s1. The number of ether oxygens (including phenoxy) is 2. The lowest BCUT2D eigenvalue weighted by atomic mass is 10.0. The summed E-state index contributed by atoms with van der Waals surface area (Å²) >= 11 is 0. The second-order valence-electron chi connectivity index (χ2n) is 3.09. The van der Waals surface area contributed by atoms with E-state index in [0.29, 0.717) is 0 Å². The molecule has 5 N–H and O–H groups in total. The molecule has 16 heavy (non-hydrogen) atoms. The van der Waals surface area contributed by atoms with Gasteiger partial charge in [0.2, 0.25) is 0 Å². The van der Waals surface area contributed by atoms with Gasteiger partial charge in [0.05, 0.1) is 0 Å². The highest BCUT2D eigenvalue weighted by molar-refractivity contribution is 5.56. The van der Waals surface area contributed by atoms with Crippen molar-refractivity contribution in [2.45, 2.75) is 30.4 Å². The number of rotatable bonds is 7. The van der Waals surface area contributed by atoms with Gasteiger partial charge in [0.15, 0.2) is 12.4 Å². The van der Waals surface area contributed by atoms with Crippen molar-refractivity contribution in [1.29, 1.82) is 0 Å². The van der Waals surface area contributed by atoms with Gasteiger partial charge in [-0.05, 0) is 0 Å². The van der Waals surface area contributed by atoms with E-state index in [0.717, 1.165) is 14.2 Å². The third kappa shape index (κ3) is 3.19. The first-order valence-corrected chi connectivity index (χ1v) is 4.34. The van der Waals surface area contributed by atoms with Crippen molar-refractivity contribution in [1.82, 2.24) is 0 Å². The fourth-order valence-electron chi connectivity index (χ4n) is 1.01. The molecule has 8 nitrogen and oxygen atoms in total. The molecule has 8 heteroatoms. The number of methoxy groups -OCH3 is 2. The predicted molar refractivity (Wildman–Crippen MR) is 49.1 cm³/mol. The van der Waals surface area contributed by atoms with Crippen LogP contribution < -0.4 is 0 Å². The van der Waals surface area contributed by atoms with E-state index < -0.39 is 30.4 Å². The second kappa shape index (κ2) is 6.21. The van der Waals surface area contributed by atoms with Crippen LogP contribution in [0.1, 0.15) is 0 Å². The fraction of sp³-hybridized carbons (Fsp3) is 0.875. The van der Waals surface area contributed by atoms with E-state index in [1.165, 1.54) is 0 Å². The molecule has 0 fully saturated rings. The first kappa shape index (κ1) is 15.4. The summed E-state index contributed by atoms with van der Waals surface area (Å²) in [7, 11) is 1.98. The zero-order valence-corrected chi connectivity index (χ0v) is 8.85. The highest BCUT2D eigenvalue weighted by Crippen LogP contribution is 2.18. The summed E-state index contributed by atoms with van der Waals surface area (Å²) in [6.45, 7) is 0. The van der Waals surface area contributed by atoms with Crippen LogP contribution in [0.2, 0.25) is 0 Å². The summed E-state index contributed by atoms with van der Waals surface area (Å²) in [6, 6.07) is 0. The summed E-state index contributed by atoms with van der Waals surface area (Å²) in [5, 5.41) is 46.3. The zero-order chi connectivity index (χ0) is 12.9. The van der Waals surface area contributed by atoms with Gasteiger partial charge < -0.3 is 39.8 Å². The Morgan fingerprint density at radius 2 is 1.50 bits per heavy atom. The number of hydrogen-bond donors (Lipinski definition) is 5. The fourth-order valence-corrected chi connectivity index (χ4v) is 1.01. The van der Waals surface area contributed by atoms with Crippen LogP contribution in [0.3, 0.4) is 0 Å². The Labute approximate surface area is 91.7 Å². The van der Waals surface area contributed by atoms with Gasteiger partial charge >= 0.3 is 5.97 Å². The molecule has 0 aromatic rings. The monoisotopic (exact) mass is 240 g/mol. The third-order valence-corrected chi connectivity index (χ3v) is 2.12. The normalized spacial score (nSPS) is 19.9. The van der Waals surface area contributed by atoms with Crippen LogP contribution in [0.25, 0.3) is 0 Å². The van der Waals surface area contributed by atoms with E-state index >= 15 is 0 Å². The molecule has 0 aliphatic carbocycles. The molecule has 96 valence electrons. The van der Waals surface area contributed by atoms with Gasteiger partial charge in [-0.3, -0.25) is 0 Å². The first-order chi connectivity index (χ1) is 7.33. The maximum Gasteiger partial charge on any atom is 0.310 e. The van der Waals surface area contributed by atoms with Gasteiger partial charge in [-0.15, -0.1) is 0 Å². The van der Waals surface area contributed by atoms with Gasteiger partial charge in [-0.25, -0.2) is 0 Å². The lowest BCUT2D eigenvalue weighted by Gasteiger charge is -2.34. The molecule has 0 aromatic carbocycles. The van der Waals surface area contributed by atoms with Gasteiger partial charge in [0.1, 0.15) is 18.3 Å². The van der Waals surface area contributed by atoms with Crippen LogP contribution in [0, 0.1) is 0 Å². The summed E-state index contributed by atoms with van der Waals surface area (Å²) in [4.78, 5) is 10.1. The minimum atomic E-state index is -2.55. The molecule has 0 unspecified atom stereocenters. The SMILES string of the molecule is COC(O)(OC)[C@@H](O)[C@@H](O)[C@H](O)[C@@H](O)C=O. The lowest BCUT2D eigenvalue weighted by Crippen LogP contribution is -2.57. The van der Waals surface area contributed by atoms with Crippen molar-refractivity contribution >= 4 is 6.29 Å². The number of aliphatic hydroxyl groups excluding tert-OH is 4. The minimum absolute atomic E-state index is 0.0285. The molecule has 0 saturated carbocycles. The van der Waals surface area contributed by atoms with Crippen molar-refractivity contribution in [3.05, 3.63) is 0 Å². The Morgan fingerprint density at radius 1 is 1.06 bits per heavy atom. The van der Waals surface area contributed by atoms with E-state index in [-0.39, 0.29) is 6.29 Å². The number of aliphatic hydroxyl groups is 5. The quantitative estimate of drug-likeness (QED) is 0.229. The Kier molecular flexibility index (Phi) is 5.97. The van der Waals surface area contributed by atoms with Gasteiger partial charge in [0.25, 0.3) is 0 Å². The molecule has 0 amide bonds. The Morgan fingerprint density at radius 3 is 1.81 bits per heavy atom. The molecular weight excluding hydrogens is 224 g/mol. The van der Waals surface area contributed by atoms with Crippen molar-refractivity contribution in [2.24, 2.45) is 0 Å². The predicted octanol–water partition coefficient (Wildman–Crippen LogP) is -3.43. The molecule has 0 radical (unpaired) electrons. The number of carbonyl (C=O) groups excluding carboxylic acids is 1. The summed E-state index contributed by atoms with van der Waals surface area (Å²) in [5.74, 6) is -2.55. The van der Waals surface area contributed by atoms with Crippen LogP contribution in [-0.4, -0.2) is 76.4 Å². The Bertz CT molecular complexity index is 216. The largest absolute Gasteiger partial charge is 0.387 e. The van der Waals surface area contributed by atoms with Crippen LogP contribution in [-0.2, 0) is 14.3 Å². The Balaban J connectivity index is 4.71. The first-order valence-electron chi connectivity index (χ1n) is 4.34. The molecule has 0 rings (SSSR count). The summed E-state index contributed by atoms with van der Waals surface area (Å²) < 4.78 is 8.75. The lowest BCUT2D eigenvalue weighted by molar-refractivity contribution is -0.392. The Hall–Kier alpha value is -0.610. The van der Waals surface area contributed by atoms with Crippen molar-refractivity contribution in [3.63, 3.8) is 0 Å². The zero-order valence-electron chi connectivity index (χ0n) is 8.85. The molecule has 0 spiro atoms. The van der Waals surface area contributed by atoms with E-state index in [1.807, 2.05) is 0 Å². The summed E-state index contributed by atoms with van der Waals surface area (Å²) in [6.07, 6.45) is -8.02. The second-order valence-corrected chi connectivity index (χ2v) is 3.09. The third-order valence-electron chi connectivity index (χ3n) is 2.12. The highest BCUT2D eigenvalue weighted by Gasteiger charge is 2.45. The molecule has 0 aliphatic heterocycles. The molecule has 4 atom stereocenters. The molecule has 0 saturated heterocycles. The molecular formula is C8H16O8. The van der Waals surface area contributed by atoms with E-state index in [4.69, 9.17) is 5.11 Å². The van der Waals surface area contributed by atoms with Crippen molar-refractivity contribution < 1.29 is 39.8 Å². The molecule has 0 bridgehead atoms. The van der Waals surface area contributed by atoms with Crippen molar-refractivity contribution in [3.8, 4) is 0 Å². The molecule has 0 aromatic heterocycles. The van der Waals surface area contributed by atoms with Crippen LogP contribution in [0.4, 0.5) is 0 Å². The number of aldehydes is 1. The van der Waals surface area contributed by atoms with Gasteiger partial charge in [-0.2, -0.15) is 0 Å². The maximum absolute atomic E-state index is 10.1. The number of carbonyl (C=O) groups is 1. The van der Waals surface area contributed by atoms with Gasteiger partial charge in [-0.1, -0.05) is 0 Å². The summed E-state index contributed by atoms with van der Waals surface area (Å²) in [5.41, 5.74) is 0. The maximum atomic E-state index is 10.1. The van der Waals surface area contributed by atoms with E-state index in [1.54, 1.807) is 0 Å². The van der Waals surface area contributed by atoms with Crippen molar-refractivity contribution in [2.75, 3.05) is 14.2 Å². The van der Waals surface area contributed by atoms with Crippen LogP contribution in [0.15, 0.2) is 0 Å². The van der Waals surface area contributed by atoms with Crippen LogP contribution >= 0.6 is 0 Å². The molecule has 0 aliphatic rings. The average Bonchev–Trinajstić information content (AvgIpc) is 2.33. The molecule has 0 heterocycles. The van der Waals surface area contributed by atoms with E-state index in [2.05, 4.69) is 9.47 Å². The van der Waals surface area contributed by atoms with Crippen LogP contribution in [0.5, 0.6) is 0 Å². The van der Waals surface area contributed by atoms with Gasteiger partial charge in [0, 0.05) is 14.2 Å². The highest BCUT2D eigenvalue weighted by atomic mass is 16.8. The average molecular weight is 240 g/mol. The van der Waals surface area contributed by atoms with E-state index in [9.17, 15) is 25.2 Å². The number of hydrogen-bond acceptors (Lipinski definition) is 8. The topological polar surface area (TPSA) is 137 Å². The minimum Gasteiger partial charge on any atom is -0.387 e.